The predicted octanol–water partition coefficient (Wildman–Crippen LogP) is 3.96. The van der Waals surface area contributed by atoms with Crippen molar-refractivity contribution >= 4 is 10.0 Å². The molecule has 0 amide bonds. The number of aliphatic hydroxyl groups is 1. The smallest absolute Gasteiger partial charge is 0.247 e. The standard InChI is InChI=1S/C28H35N3O4S/c1-20-8-10-23(11-9-20)24-12-13-28-26(15-24)35-27(18-30(4)17-25-7-5-6-14-29-25)21(2)16-31(22(3)19-32)36(28,33)34/h5-15,21-22,27,32H,16-19H2,1-4H3/t21-,22+,27+/m1/s1. The number of likely N-dealkylation sites (N-methyl/N-ethyl adjacent to an activating group) is 1. The molecule has 0 radical (unpaired) electrons. The minimum Gasteiger partial charge on any atom is -0.487 e. The summed E-state index contributed by atoms with van der Waals surface area (Å²) in [6, 6.07) is 18.7. The van der Waals surface area contributed by atoms with Crippen LogP contribution < -0.4 is 4.74 Å². The van der Waals surface area contributed by atoms with Crippen LogP contribution in [0.3, 0.4) is 0 Å². The van der Waals surface area contributed by atoms with Crippen LogP contribution in [0.5, 0.6) is 5.75 Å². The lowest BCUT2D eigenvalue weighted by Crippen LogP contribution is -2.49. The second-order valence-electron chi connectivity index (χ2n) is 9.79. The first-order valence-electron chi connectivity index (χ1n) is 12.3. The Morgan fingerprint density at radius 1 is 1.14 bits per heavy atom. The summed E-state index contributed by atoms with van der Waals surface area (Å²) in [5, 5.41) is 9.85. The number of ether oxygens (including phenoxy) is 1. The summed E-state index contributed by atoms with van der Waals surface area (Å²) in [6.45, 7) is 7.01. The lowest BCUT2D eigenvalue weighted by molar-refractivity contribution is 0.0731. The Bertz CT molecular complexity index is 1270. The molecule has 0 fully saturated rings. The number of benzene rings is 2. The van der Waals surface area contributed by atoms with E-state index < -0.39 is 16.1 Å². The zero-order valence-electron chi connectivity index (χ0n) is 21.3. The molecule has 1 aliphatic rings. The highest BCUT2D eigenvalue weighted by molar-refractivity contribution is 7.89. The average molecular weight is 510 g/mol. The number of nitrogens with zero attached hydrogens (tertiary/aromatic N) is 3. The first kappa shape index (κ1) is 26.3. The van der Waals surface area contributed by atoms with Crippen LogP contribution in [-0.2, 0) is 16.6 Å². The van der Waals surface area contributed by atoms with E-state index in [1.54, 1.807) is 19.2 Å². The van der Waals surface area contributed by atoms with E-state index in [2.05, 4.69) is 9.88 Å². The van der Waals surface area contributed by atoms with E-state index in [1.807, 2.05) is 75.5 Å². The van der Waals surface area contributed by atoms with Crippen molar-refractivity contribution in [1.29, 1.82) is 0 Å². The Morgan fingerprint density at radius 2 is 1.86 bits per heavy atom. The molecule has 0 bridgehead atoms. The van der Waals surface area contributed by atoms with Crippen LogP contribution in [0.1, 0.15) is 25.1 Å². The van der Waals surface area contributed by atoms with Gasteiger partial charge in [0.15, 0.2) is 0 Å². The van der Waals surface area contributed by atoms with Gasteiger partial charge in [-0.1, -0.05) is 48.9 Å². The quantitative estimate of drug-likeness (QED) is 0.519. The highest BCUT2D eigenvalue weighted by Gasteiger charge is 2.38. The number of hydrogen-bond acceptors (Lipinski definition) is 6. The molecule has 3 atom stereocenters. The molecule has 8 heteroatoms. The van der Waals surface area contributed by atoms with Gasteiger partial charge in [0.25, 0.3) is 0 Å². The van der Waals surface area contributed by atoms with E-state index in [-0.39, 0.29) is 30.1 Å². The van der Waals surface area contributed by atoms with Crippen molar-refractivity contribution in [2.45, 2.75) is 44.4 Å². The molecule has 1 aliphatic heterocycles. The second kappa shape index (κ2) is 11.1. The molecule has 7 nitrogen and oxygen atoms in total. The summed E-state index contributed by atoms with van der Waals surface area (Å²) >= 11 is 0. The molecule has 4 rings (SSSR count). The van der Waals surface area contributed by atoms with Crippen LogP contribution in [0.2, 0.25) is 0 Å². The Labute approximate surface area is 214 Å². The molecule has 1 aromatic heterocycles. The van der Waals surface area contributed by atoms with Crippen molar-refractivity contribution in [3.05, 3.63) is 78.1 Å². The zero-order chi connectivity index (χ0) is 25.9. The van der Waals surface area contributed by atoms with Gasteiger partial charge in [-0.05, 0) is 56.3 Å². The van der Waals surface area contributed by atoms with Gasteiger partial charge in [-0.15, -0.1) is 0 Å². The maximum absolute atomic E-state index is 13.7. The van der Waals surface area contributed by atoms with Crippen LogP contribution >= 0.6 is 0 Å². The predicted molar refractivity (Wildman–Crippen MR) is 141 cm³/mol. The van der Waals surface area contributed by atoms with Crippen LogP contribution in [-0.4, -0.2) is 66.6 Å². The topological polar surface area (TPSA) is 83.0 Å². The summed E-state index contributed by atoms with van der Waals surface area (Å²) in [4.78, 5) is 6.69. The van der Waals surface area contributed by atoms with Gasteiger partial charge in [0, 0.05) is 37.8 Å². The van der Waals surface area contributed by atoms with E-state index in [0.717, 1.165) is 22.4 Å². The third-order valence-corrected chi connectivity index (χ3v) is 8.72. The molecule has 192 valence electrons. The zero-order valence-corrected chi connectivity index (χ0v) is 22.1. The number of aromatic nitrogens is 1. The van der Waals surface area contributed by atoms with E-state index >= 15 is 0 Å². The van der Waals surface area contributed by atoms with Crippen molar-refractivity contribution in [1.82, 2.24) is 14.2 Å². The fourth-order valence-electron chi connectivity index (χ4n) is 4.51. The summed E-state index contributed by atoms with van der Waals surface area (Å²) < 4.78 is 35.3. The van der Waals surface area contributed by atoms with Gasteiger partial charge in [0.1, 0.15) is 16.7 Å². The maximum Gasteiger partial charge on any atom is 0.247 e. The molecule has 0 unspecified atom stereocenters. The van der Waals surface area contributed by atoms with Gasteiger partial charge >= 0.3 is 0 Å². The average Bonchev–Trinajstić information content (AvgIpc) is 2.86. The van der Waals surface area contributed by atoms with Crippen molar-refractivity contribution in [2.75, 3.05) is 26.7 Å². The molecule has 2 heterocycles. The third kappa shape index (κ3) is 5.78. The maximum atomic E-state index is 13.7. The summed E-state index contributed by atoms with van der Waals surface area (Å²) in [6.07, 6.45) is 1.51. The number of aryl methyl sites for hydroxylation is 1. The van der Waals surface area contributed by atoms with E-state index in [9.17, 15) is 13.5 Å². The van der Waals surface area contributed by atoms with Gasteiger partial charge in [-0.25, -0.2) is 8.42 Å². The van der Waals surface area contributed by atoms with Crippen LogP contribution in [0.4, 0.5) is 0 Å². The Morgan fingerprint density at radius 3 is 2.53 bits per heavy atom. The van der Waals surface area contributed by atoms with Gasteiger partial charge in [-0.2, -0.15) is 4.31 Å². The van der Waals surface area contributed by atoms with Gasteiger partial charge in [0.05, 0.1) is 12.3 Å². The number of sulfonamides is 1. The first-order valence-corrected chi connectivity index (χ1v) is 13.7. The molecule has 0 spiro atoms. The van der Waals surface area contributed by atoms with E-state index in [4.69, 9.17) is 4.74 Å². The van der Waals surface area contributed by atoms with Crippen LogP contribution in [0, 0.1) is 12.8 Å². The lowest BCUT2D eigenvalue weighted by Gasteiger charge is -2.37. The summed E-state index contributed by atoms with van der Waals surface area (Å²) in [5.74, 6) is 0.224. The molecular formula is C28H35N3O4S. The Kier molecular flexibility index (Phi) is 8.10. The highest BCUT2D eigenvalue weighted by atomic mass is 32.2. The molecule has 0 saturated heterocycles. The largest absolute Gasteiger partial charge is 0.487 e. The minimum absolute atomic E-state index is 0.115. The fourth-order valence-corrected chi connectivity index (χ4v) is 6.33. The molecule has 2 aromatic carbocycles. The van der Waals surface area contributed by atoms with Crippen molar-refractivity contribution in [2.24, 2.45) is 5.92 Å². The van der Waals surface area contributed by atoms with Gasteiger partial charge < -0.3 is 9.84 Å². The highest BCUT2D eigenvalue weighted by Crippen LogP contribution is 2.36. The molecular weight excluding hydrogens is 474 g/mol. The number of pyridine rings is 1. The fraction of sp³-hybridized carbons (Fsp3) is 0.393. The van der Waals surface area contributed by atoms with E-state index in [1.165, 1.54) is 4.31 Å². The van der Waals surface area contributed by atoms with Gasteiger partial charge in [-0.3, -0.25) is 9.88 Å². The molecule has 3 aromatic rings. The SMILES string of the molecule is Cc1ccc(-c2ccc3c(c2)O[C@@H](CN(C)Cc2ccccn2)[C@H](C)CN([C@@H](C)CO)S3(=O)=O)cc1. The first-order chi connectivity index (χ1) is 17.2. The number of hydrogen-bond donors (Lipinski definition) is 1. The molecule has 36 heavy (non-hydrogen) atoms. The minimum atomic E-state index is -3.87. The third-order valence-electron chi connectivity index (χ3n) is 6.70. The van der Waals surface area contributed by atoms with Crippen LogP contribution in [0.15, 0.2) is 71.8 Å². The van der Waals surface area contributed by atoms with Gasteiger partial charge in [0.2, 0.25) is 10.0 Å². The normalized spacial score (nSPS) is 20.7. The Hall–Kier alpha value is -2.78. The number of fused-ring (bicyclic) bond motifs is 1. The molecule has 0 saturated carbocycles. The summed E-state index contributed by atoms with van der Waals surface area (Å²) in [5.41, 5.74) is 3.99. The van der Waals surface area contributed by atoms with Crippen molar-refractivity contribution in [3.8, 4) is 16.9 Å². The Balaban J connectivity index is 1.72. The summed E-state index contributed by atoms with van der Waals surface area (Å²) in [7, 11) is -1.86. The van der Waals surface area contributed by atoms with Crippen molar-refractivity contribution < 1.29 is 18.3 Å². The van der Waals surface area contributed by atoms with Crippen LogP contribution in [0.25, 0.3) is 11.1 Å². The second-order valence-corrected chi connectivity index (χ2v) is 11.6. The molecule has 1 N–H and O–H groups in total. The van der Waals surface area contributed by atoms with E-state index in [0.29, 0.717) is 18.8 Å². The lowest BCUT2D eigenvalue weighted by atomic mass is 10.0. The number of aliphatic hydroxyl groups excluding tert-OH is 1. The monoisotopic (exact) mass is 509 g/mol. The van der Waals surface area contributed by atoms with Crippen molar-refractivity contribution in [3.63, 3.8) is 0 Å². The number of rotatable bonds is 7. The molecule has 0 aliphatic carbocycles.